The molecule has 10 aromatic rings. The Morgan fingerprint density at radius 3 is 1.90 bits per heavy atom. The Hall–Kier alpha value is -6.46. The van der Waals surface area contributed by atoms with Gasteiger partial charge in [0.2, 0.25) is 0 Å². The van der Waals surface area contributed by atoms with E-state index in [9.17, 15) is 0 Å². The van der Waals surface area contributed by atoms with E-state index in [-0.39, 0.29) is 42.8 Å². The second kappa shape index (κ2) is 19.5. The average molecular weight is 1080 g/mol. The van der Waals surface area contributed by atoms with E-state index in [1.54, 1.807) is 0 Å². The van der Waals surface area contributed by atoms with Gasteiger partial charge >= 0.3 is 0 Å². The summed E-state index contributed by atoms with van der Waals surface area (Å²) in [6.45, 7) is 27.1. The van der Waals surface area contributed by atoms with Crippen LogP contribution in [0.25, 0.3) is 83.7 Å². The van der Waals surface area contributed by atoms with E-state index in [0.29, 0.717) is 0 Å². The van der Waals surface area contributed by atoms with Crippen molar-refractivity contribution in [3.05, 3.63) is 191 Å². The third kappa shape index (κ3) is 9.76. The Labute approximate surface area is 422 Å². The number of fused-ring (bicyclic) bond motifs is 4. The number of rotatable bonds is 7. The summed E-state index contributed by atoms with van der Waals surface area (Å²) in [6, 6.07) is 55.7. The molecule has 0 aliphatic carbocycles. The number of imidazole rings is 1. The second-order valence-electron chi connectivity index (χ2n) is 20.9. The van der Waals surface area contributed by atoms with Gasteiger partial charge in [-0.1, -0.05) is 147 Å². The summed E-state index contributed by atoms with van der Waals surface area (Å²) in [6.07, 6.45) is 1.81. The average Bonchev–Trinajstić information content (AvgIpc) is 3.90. The molecule has 5 nitrogen and oxygen atoms in total. The molecule has 0 fully saturated rings. The Bertz CT molecular complexity index is 3390. The van der Waals surface area contributed by atoms with Gasteiger partial charge < -0.3 is 8.98 Å². The molecule has 7 aromatic carbocycles. The fraction of sp³-hybridized carbons (Fsp3) is 0.254. The van der Waals surface area contributed by atoms with Crippen molar-refractivity contribution in [3.63, 3.8) is 0 Å². The predicted octanol–water partition coefficient (Wildman–Crippen LogP) is 17.1. The van der Waals surface area contributed by atoms with Crippen molar-refractivity contribution in [1.29, 1.82) is 0 Å². The molecule has 3 heterocycles. The summed E-state index contributed by atoms with van der Waals surface area (Å²) in [4.78, 5) is 14.2. The summed E-state index contributed by atoms with van der Waals surface area (Å²) in [5.41, 5.74) is 19.4. The Balaban J connectivity index is 0.000000320. The molecule has 0 spiro atoms. The Morgan fingerprint density at radius 1 is 0.594 bits per heavy atom. The maximum atomic E-state index is 6.79. The third-order valence-electron chi connectivity index (χ3n) is 13.0. The van der Waals surface area contributed by atoms with Crippen LogP contribution in [0.2, 0.25) is 0 Å². The van der Waals surface area contributed by atoms with Crippen LogP contribution in [-0.4, -0.2) is 19.5 Å². The molecule has 69 heavy (non-hydrogen) atoms. The maximum absolute atomic E-state index is 6.79. The van der Waals surface area contributed by atoms with Crippen LogP contribution in [0.4, 0.5) is 0 Å². The minimum absolute atomic E-state index is 0. The van der Waals surface area contributed by atoms with Gasteiger partial charge in [0, 0.05) is 48.5 Å². The van der Waals surface area contributed by atoms with Crippen molar-refractivity contribution in [3.8, 4) is 50.7 Å². The van der Waals surface area contributed by atoms with Gasteiger partial charge in [0.05, 0.1) is 28.3 Å². The molecule has 0 amide bonds. The van der Waals surface area contributed by atoms with Gasteiger partial charge in [-0.3, -0.25) is 15.0 Å². The monoisotopic (exact) mass is 1080 g/mol. The maximum Gasteiger partial charge on any atom is 0.121 e. The van der Waals surface area contributed by atoms with Gasteiger partial charge in [-0.25, -0.2) is 0 Å². The number of nitrogens with zero attached hydrogens (tertiary/aromatic N) is 4. The normalized spacial score (nSPS) is 11.9. The standard InChI is InChI=1S/C49H47N2O.C14H15N2.Ir/c1-29(2)40-26-35(45-31(5)24-36(25-32(45)6)49(7,8)9)27-41(30(3)4)46(40)51-43-21-14-13-20-42(43)50-48(51)39-19-15-18-38-37-23-22-34(28-44(37)52-47(38)39)33-16-11-10-12-17-33;1-14(2,3)12-9-10-15-13(16-12)11-7-5-4-6-8-11;/h10-18,20-30H,1-9H3;4-7,9-10H,1-3H3;/q2*-1;. The van der Waals surface area contributed by atoms with E-state index < -0.39 is 0 Å². The molecule has 1 radical (unpaired) electrons. The molecule has 0 saturated carbocycles. The molecular formula is C63H62IrN4O-2. The van der Waals surface area contributed by atoms with Gasteiger partial charge in [0.1, 0.15) is 5.58 Å². The van der Waals surface area contributed by atoms with Gasteiger partial charge in [-0.2, -0.15) is 0 Å². The van der Waals surface area contributed by atoms with Crippen molar-refractivity contribution in [2.45, 2.75) is 106 Å². The largest absolute Gasteiger partial charge is 0.501 e. The Kier molecular flexibility index (Phi) is 13.8. The third-order valence-corrected chi connectivity index (χ3v) is 13.0. The number of hydrogen-bond acceptors (Lipinski definition) is 4. The topological polar surface area (TPSA) is 56.7 Å². The molecule has 0 aliphatic heterocycles. The number of aryl methyl sites for hydroxylation is 2. The van der Waals surface area contributed by atoms with Gasteiger partial charge in [0.25, 0.3) is 0 Å². The molecular weight excluding hydrogens is 1020 g/mol. The van der Waals surface area contributed by atoms with E-state index in [2.05, 4.69) is 207 Å². The fourth-order valence-electron chi connectivity index (χ4n) is 9.39. The van der Waals surface area contributed by atoms with E-state index in [1.165, 1.54) is 50.2 Å². The summed E-state index contributed by atoms with van der Waals surface area (Å²) < 4.78 is 9.18. The minimum atomic E-state index is 0. The van der Waals surface area contributed by atoms with E-state index in [0.717, 1.165) is 67.0 Å². The first-order valence-electron chi connectivity index (χ1n) is 24.0. The van der Waals surface area contributed by atoms with E-state index >= 15 is 0 Å². The van der Waals surface area contributed by atoms with Crippen molar-refractivity contribution in [1.82, 2.24) is 19.5 Å². The van der Waals surface area contributed by atoms with Crippen LogP contribution in [0.3, 0.4) is 0 Å². The molecule has 0 aliphatic rings. The van der Waals surface area contributed by atoms with Crippen LogP contribution < -0.4 is 0 Å². The zero-order chi connectivity index (χ0) is 48.1. The van der Waals surface area contributed by atoms with Crippen molar-refractivity contribution >= 4 is 33.0 Å². The van der Waals surface area contributed by atoms with Gasteiger partial charge in [0.15, 0.2) is 0 Å². The zero-order valence-electron chi connectivity index (χ0n) is 42.0. The van der Waals surface area contributed by atoms with Crippen LogP contribution >= 0.6 is 0 Å². The van der Waals surface area contributed by atoms with Gasteiger partial charge in [-0.15, -0.1) is 54.1 Å². The minimum Gasteiger partial charge on any atom is -0.501 e. The van der Waals surface area contributed by atoms with Crippen LogP contribution in [0.15, 0.2) is 150 Å². The molecule has 0 bridgehead atoms. The quantitative estimate of drug-likeness (QED) is 0.149. The molecule has 0 N–H and O–H groups in total. The zero-order valence-corrected chi connectivity index (χ0v) is 44.4. The molecule has 0 unspecified atom stereocenters. The predicted molar refractivity (Wildman–Crippen MR) is 285 cm³/mol. The Morgan fingerprint density at radius 2 is 1.26 bits per heavy atom. The molecule has 0 saturated heterocycles. The van der Waals surface area contributed by atoms with Crippen molar-refractivity contribution in [2.24, 2.45) is 0 Å². The van der Waals surface area contributed by atoms with Gasteiger partial charge in [-0.05, 0) is 118 Å². The molecule has 0 atom stereocenters. The number of hydrogen-bond donors (Lipinski definition) is 0. The summed E-state index contributed by atoms with van der Waals surface area (Å²) in [7, 11) is 0. The number of furan rings is 1. The molecule has 351 valence electrons. The number of para-hydroxylation sites is 2. The summed E-state index contributed by atoms with van der Waals surface area (Å²) in [5.74, 6) is 2.11. The molecule has 10 rings (SSSR count). The first kappa shape index (κ1) is 49.0. The first-order valence-corrected chi connectivity index (χ1v) is 24.0. The van der Waals surface area contributed by atoms with E-state index in [1.807, 2.05) is 48.7 Å². The van der Waals surface area contributed by atoms with Crippen LogP contribution in [0.1, 0.15) is 115 Å². The van der Waals surface area contributed by atoms with Crippen molar-refractivity contribution in [2.75, 3.05) is 0 Å². The van der Waals surface area contributed by atoms with Crippen LogP contribution in [0.5, 0.6) is 0 Å². The molecule has 6 heteroatoms. The summed E-state index contributed by atoms with van der Waals surface area (Å²) >= 11 is 0. The number of aromatic nitrogens is 4. The van der Waals surface area contributed by atoms with Crippen molar-refractivity contribution < 1.29 is 24.5 Å². The SMILES string of the molecule is CC(C)(C)c1ccnc(-c2[c-]cccc2)n1.Cc1cc(C(C)(C)C)cc(C)c1-c1cc(C(C)C)c(-n2c(-c3[c-]ccc4c3oc3cc(-c5ccccc5)ccc34)nc3ccccc32)c(C(C)C)c1.[Ir]. The molecule has 3 aromatic heterocycles. The van der Waals surface area contributed by atoms with Crippen LogP contribution in [0, 0.1) is 26.0 Å². The fourth-order valence-corrected chi connectivity index (χ4v) is 9.39. The van der Waals surface area contributed by atoms with E-state index in [4.69, 9.17) is 9.40 Å². The van der Waals surface area contributed by atoms with Crippen LogP contribution in [-0.2, 0) is 30.9 Å². The first-order chi connectivity index (χ1) is 32.5. The number of benzene rings is 7. The smallest absolute Gasteiger partial charge is 0.121 e. The second-order valence-corrected chi connectivity index (χ2v) is 20.9. The summed E-state index contributed by atoms with van der Waals surface area (Å²) in [5, 5.41) is 2.15.